The molecule has 0 saturated carbocycles. The van der Waals surface area contributed by atoms with E-state index in [-0.39, 0.29) is 0 Å². The normalized spacial score (nSPS) is 11.8. The van der Waals surface area contributed by atoms with Gasteiger partial charge < -0.3 is 44.6 Å². The molecule has 0 aliphatic heterocycles. The van der Waals surface area contributed by atoms with Crippen LogP contribution in [0.4, 0.5) is 17.8 Å². The second-order valence-corrected chi connectivity index (χ2v) is 17.0. The second-order valence-electron chi connectivity index (χ2n) is 17.0. The zero-order valence-electron chi connectivity index (χ0n) is 37.0. The molecule has 0 spiro atoms. The first-order chi connectivity index (χ1) is 34.0. The molecule has 69 heavy (non-hydrogen) atoms. The summed E-state index contributed by atoms with van der Waals surface area (Å²) in [6.07, 6.45) is 0. The van der Waals surface area contributed by atoms with Gasteiger partial charge in [0, 0.05) is 0 Å². The fraction of sp³-hybridized carbons (Fsp3) is 0.118. The summed E-state index contributed by atoms with van der Waals surface area (Å²) in [4.78, 5) is 73.7. The highest BCUT2D eigenvalue weighted by Gasteiger charge is 2.26. The van der Waals surface area contributed by atoms with Crippen LogP contribution in [-0.2, 0) is 39.3 Å². The highest BCUT2D eigenvalue weighted by molar-refractivity contribution is 5.78. The average Bonchev–Trinajstić information content (AvgIpc) is 4.24. The summed E-state index contributed by atoms with van der Waals surface area (Å²) in [6.45, 7) is 1.89. The second kappa shape index (κ2) is 16.8. The Balaban J connectivity index is 0.993. The first-order valence-corrected chi connectivity index (χ1v) is 22.7. The molecule has 0 amide bonds. The van der Waals surface area contributed by atoms with Crippen molar-refractivity contribution in [3.8, 4) is 0 Å². The third-order valence-electron chi connectivity index (χ3n) is 12.1. The summed E-state index contributed by atoms with van der Waals surface area (Å²) < 4.78 is 0. The maximum Gasteiger partial charge on any atom is 0.232 e. The van der Waals surface area contributed by atoms with E-state index in [9.17, 15) is 0 Å². The molecule has 0 fully saturated rings. The molecule has 0 bridgehead atoms. The van der Waals surface area contributed by atoms with Crippen LogP contribution in [0.15, 0.2) is 146 Å². The van der Waals surface area contributed by atoms with E-state index in [1.807, 2.05) is 146 Å². The van der Waals surface area contributed by atoms with E-state index in [1.165, 1.54) is 0 Å². The van der Waals surface area contributed by atoms with Crippen LogP contribution in [-0.4, -0.2) is 74.8 Å². The number of imidazole rings is 6. The number of hydrogen-bond acceptors (Lipinski definition) is 12. The molecule has 6 N–H and O–H groups in total. The van der Waals surface area contributed by atoms with Crippen molar-refractivity contribution in [2.24, 2.45) is 0 Å². The summed E-state index contributed by atoms with van der Waals surface area (Å²) in [6, 6.07) is 48.1. The number of aromatic amines is 6. The number of para-hydroxylation sites is 12. The Bertz CT molecular complexity index is 3100. The maximum atomic E-state index is 5.39. The summed E-state index contributed by atoms with van der Waals surface area (Å²) >= 11 is 0. The van der Waals surface area contributed by atoms with E-state index >= 15 is 0 Å². The van der Waals surface area contributed by atoms with Crippen molar-refractivity contribution in [2.75, 3.05) is 14.7 Å². The van der Waals surface area contributed by atoms with Crippen LogP contribution >= 0.6 is 0 Å². The maximum absolute atomic E-state index is 5.39. The van der Waals surface area contributed by atoms with Crippen LogP contribution in [0.3, 0.4) is 0 Å². The first-order valence-electron chi connectivity index (χ1n) is 22.7. The quantitative estimate of drug-likeness (QED) is 0.0569. The van der Waals surface area contributed by atoms with Gasteiger partial charge in [-0.15, -0.1) is 0 Å². The topological polar surface area (TPSA) is 220 Å². The molecule has 13 aromatic rings. The Hall–Kier alpha value is -9.45. The fourth-order valence-electron chi connectivity index (χ4n) is 8.93. The SMILES string of the molecule is c1ccc2[nH]c(CN(Cc3nc4ccccc4[nH]3)c3nc(N(Cc4nc5ccccc5[nH]4)Cc4nc5ccccc5[nH]4)nc(N(Cc4nc5ccccc5[nH]4)Cc4nc5ccccc5[nH]4)n3)nc2c1. The van der Waals surface area contributed by atoms with Gasteiger partial charge in [-0.3, -0.25) is 0 Å². The number of nitrogens with one attached hydrogen (secondary N) is 6. The molecule has 7 aromatic heterocycles. The van der Waals surface area contributed by atoms with Gasteiger partial charge in [0.05, 0.1) is 105 Å². The predicted octanol–water partition coefficient (Wildman–Crippen LogP) is 8.75. The zero-order valence-corrected chi connectivity index (χ0v) is 37.0. The Morgan fingerprint density at radius 1 is 0.232 bits per heavy atom. The third kappa shape index (κ3) is 8.05. The summed E-state index contributed by atoms with van der Waals surface area (Å²) in [5, 5.41) is 0. The van der Waals surface area contributed by atoms with Crippen molar-refractivity contribution in [3.63, 3.8) is 0 Å². The van der Waals surface area contributed by atoms with Gasteiger partial charge in [0.2, 0.25) is 17.8 Å². The highest BCUT2D eigenvalue weighted by atomic mass is 15.4. The van der Waals surface area contributed by atoms with Gasteiger partial charge in [0.25, 0.3) is 0 Å². The number of nitrogens with zero attached hydrogens (tertiary/aromatic N) is 12. The van der Waals surface area contributed by atoms with E-state index in [1.54, 1.807) is 0 Å². The minimum Gasteiger partial charge on any atom is -0.340 e. The van der Waals surface area contributed by atoms with Crippen molar-refractivity contribution in [2.45, 2.75) is 39.3 Å². The molecular formula is C51H42N18. The fourth-order valence-corrected chi connectivity index (χ4v) is 8.93. The van der Waals surface area contributed by atoms with Gasteiger partial charge in [0.15, 0.2) is 0 Å². The molecule has 18 heteroatoms. The highest BCUT2D eigenvalue weighted by Crippen LogP contribution is 2.28. The molecule has 18 nitrogen and oxygen atoms in total. The lowest BCUT2D eigenvalue weighted by atomic mass is 10.3. The number of aromatic nitrogens is 15. The van der Waals surface area contributed by atoms with Crippen LogP contribution in [0.2, 0.25) is 0 Å². The molecule has 6 aromatic carbocycles. The van der Waals surface area contributed by atoms with Crippen molar-refractivity contribution in [1.29, 1.82) is 0 Å². The van der Waals surface area contributed by atoms with Crippen LogP contribution < -0.4 is 14.7 Å². The van der Waals surface area contributed by atoms with E-state index in [4.69, 9.17) is 44.9 Å². The number of hydrogen-bond donors (Lipinski definition) is 6. The minimum absolute atomic E-state index is 0.314. The van der Waals surface area contributed by atoms with E-state index in [2.05, 4.69) is 44.6 Å². The molecule has 0 unspecified atom stereocenters. The standard InChI is InChI=1S/C51H42N18/c1-2-14-32-31(13-1)52-43(53-32)25-67(26-44-54-33-15-3-4-16-34(33)55-44)49-64-50(68(27-45-56-35-17-5-6-18-36(35)57-45)28-46-58-37-19-7-8-20-38(37)59-46)66-51(65-49)69(29-47-60-39-21-9-10-22-40(39)61-47)30-48-62-41-23-11-12-24-42(41)63-48/h1-24H,25-30H2,(H,52,53)(H,54,55)(H,56,57)(H,58,59)(H,60,61)(H,62,63). The molecule has 13 rings (SSSR count). The van der Waals surface area contributed by atoms with Crippen molar-refractivity contribution >= 4 is 84.0 Å². The summed E-state index contributed by atoms with van der Waals surface area (Å²) in [5.74, 6) is 5.60. The zero-order chi connectivity index (χ0) is 45.7. The van der Waals surface area contributed by atoms with E-state index in [0.717, 1.165) is 101 Å². The minimum atomic E-state index is 0.314. The molecule has 0 atom stereocenters. The number of benzene rings is 6. The van der Waals surface area contributed by atoms with Gasteiger partial charge in [0.1, 0.15) is 34.9 Å². The summed E-state index contributed by atoms with van der Waals surface area (Å²) in [5.41, 5.74) is 10.7. The monoisotopic (exact) mass is 906 g/mol. The number of H-pyrrole nitrogens is 6. The molecule has 7 heterocycles. The average molecular weight is 907 g/mol. The lowest BCUT2D eigenvalue weighted by molar-refractivity contribution is 0.668. The molecule has 0 aliphatic carbocycles. The van der Waals surface area contributed by atoms with Crippen LogP contribution in [0.5, 0.6) is 0 Å². The first kappa shape index (κ1) is 39.9. The molecular weight excluding hydrogens is 865 g/mol. The van der Waals surface area contributed by atoms with Crippen LogP contribution in [0.1, 0.15) is 34.9 Å². The Labute approximate surface area is 392 Å². The van der Waals surface area contributed by atoms with Crippen molar-refractivity contribution in [1.82, 2.24) is 74.8 Å². The van der Waals surface area contributed by atoms with Gasteiger partial charge in [-0.1, -0.05) is 72.8 Å². The molecule has 0 saturated heterocycles. The molecule has 0 aliphatic rings. The molecule has 336 valence electrons. The Morgan fingerprint density at radius 3 is 0.580 bits per heavy atom. The van der Waals surface area contributed by atoms with Crippen LogP contribution in [0, 0.1) is 0 Å². The van der Waals surface area contributed by atoms with Crippen molar-refractivity contribution in [3.05, 3.63) is 181 Å². The largest absolute Gasteiger partial charge is 0.340 e. The predicted molar refractivity (Wildman–Crippen MR) is 266 cm³/mol. The van der Waals surface area contributed by atoms with Gasteiger partial charge >= 0.3 is 0 Å². The van der Waals surface area contributed by atoms with E-state index in [0.29, 0.717) is 57.1 Å². The number of anilines is 3. The number of fused-ring (bicyclic) bond motifs is 6. The molecule has 0 radical (unpaired) electrons. The van der Waals surface area contributed by atoms with Gasteiger partial charge in [-0.05, 0) is 72.8 Å². The Morgan fingerprint density at radius 2 is 0.406 bits per heavy atom. The van der Waals surface area contributed by atoms with E-state index < -0.39 is 0 Å². The smallest absolute Gasteiger partial charge is 0.232 e. The number of rotatable bonds is 15. The van der Waals surface area contributed by atoms with Gasteiger partial charge in [-0.25, -0.2) is 29.9 Å². The summed E-state index contributed by atoms with van der Waals surface area (Å²) in [7, 11) is 0. The van der Waals surface area contributed by atoms with Crippen LogP contribution in [0.25, 0.3) is 66.2 Å². The Kier molecular flexibility index (Phi) is 9.69. The lowest BCUT2D eigenvalue weighted by Gasteiger charge is -2.28. The third-order valence-corrected chi connectivity index (χ3v) is 12.1. The lowest BCUT2D eigenvalue weighted by Crippen LogP contribution is -2.32. The van der Waals surface area contributed by atoms with Crippen molar-refractivity contribution < 1.29 is 0 Å². The van der Waals surface area contributed by atoms with Gasteiger partial charge in [-0.2, -0.15) is 15.0 Å².